The van der Waals surface area contributed by atoms with Crippen molar-refractivity contribution in [2.24, 2.45) is 11.3 Å². The lowest BCUT2D eigenvalue weighted by atomic mass is 10.2. The summed E-state index contributed by atoms with van der Waals surface area (Å²) in [5.74, 6) is 0.608. The molecule has 0 aliphatic carbocycles. The Morgan fingerprint density at radius 3 is 2.14 bits per heavy atom. The minimum Gasteiger partial charge on any atom is -0.352 e. The molecule has 0 aliphatic heterocycles. The fourth-order valence-corrected chi connectivity index (χ4v) is 0.707. The van der Waals surface area contributed by atoms with Crippen LogP contribution < -0.4 is 5.40 Å². The van der Waals surface area contributed by atoms with Crippen LogP contribution in [0.4, 0.5) is 0 Å². The van der Waals surface area contributed by atoms with Crippen LogP contribution in [0.5, 0.6) is 0 Å². The minimum atomic E-state index is -0.404. The lowest BCUT2D eigenvalue weighted by Gasteiger charge is -2.02. The molecule has 0 bridgehead atoms. The first-order valence-electron chi connectivity index (χ1n) is 2.56. The average molecular weight is 115 g/mol. The molecule has 0 aromatic rings. The van der Waals surface area contributed by atoms with E-state index >= 15 is 0 Å². The van der Waals surface area contributed by atoms with Gasteiger partial charge in [-0.2, -0.15) is 0 Å². The molecule has 0 radical (unpaired) electrons. The van der Waals surface area contributed by atoms with Crippen molar-refractivity contribution in [1.82, 2.24) is 0 Å². The second-order valence-corrected chi connectivity index (χ2v) is 3.33. The molecule has 0 heterocycles. The molecule has 0 amide bonds. The Morgan fingerprint density at radius 2 is 2.14 bits per heavy atom. The summed E-state index contributed by atoms with van der Waals surface area (Å²) < 4.78 is 0. The van der Waals surface area contributed by atoms with Gasteiger partial charge in [0.1, 0.15) is 9.68 Å². The van der Waals surface area contributed by atoms with Gasteiger partial charge in [0, 0.05) is 0 Å². The third-order valence-electron chi connectivity index (χ3n) is 1.08. The molecule has 0 saturated heterocycles. The van der Waals surface area contributed by atoms with Crippen LogP contribution in [-0.2, 0) is 0 Å². The largest absolute Gasteiger partial charge is 0.352 e. The second kappa shape index (κ2) is 2.99. The van der Waals surface area contributed by atoms with E-state index in [0.29, 0.717) is 5.92 Å². The second-order valence-electron chi connectivity index (χ2n) is 2.02. The molecule has 0 saturated carbocycles. The van der Waals surface area contributed by atoms with Crippen molar-refractivity contribution in [3.63, 3.8) is 0 Å². The van der Waals surface area contributed by atoms with Crippen LogP contribution in [0.15, 0.2) is 11.8 Å². The standard InChI is InChI=1S/C5H13NSi/c1-4(2)5(3)7-6/h4H,3,6-7H2,1-2H3. The Labute approximate surface area is 47.5 Å². The van der Waals surface area contributed by atoms with Gasteiger partial charge in [0.05, 0.1) is 0 Å². The summed E-state index contributed by atoms with van der Waals surface area (Å²) in [6.45, 7) is 8.06. The zero-order valence-corrected chi connectivity index (χ0v) is 6.48. The lowest BCUT2D eigenvalue weighted by Crippen LogP contribution is -2.11. The number of hydrogen-bond donors (Lipinski definition) is 1. The molecule has 2 heteroatoms. The molecular weight excluding hydrogens is 102 g/mol. The Morgan fingerprint density at radius 1 is 1.71 bits per heavy atom. The van der Waals surface area contributed by atoms with Gasteiger partial charge >= 0.3 is 0 Å². The van der Waals surface area contributed by atoms with Crippen molar-refractivity contribution in [1.29, 1.82) is 0 Å². The van der Waals surface area contributed by atoms with Crippen molar-refractivity contribution in [3.05, 3.63) is 11.8 Å². The van der Waals surface area contributed by atoms with Crippen molar-refractivity contribution in [3.8, 4) is 0 Å². The molecule has 2 N–H and O–H groups in total. The summed E-state index contributed by atoms with van der Waals surface area (Å²) in [6.07, 6.45) is 0. The molecular formula is C5H13NSi. The van der Waals surface area contributed by atoms with E-state index in [1.54, 1.807) is 0 Å². The average Bonchev–Trinajstić information content (AvgIpc) is 1.65. The third-order valence-corrected chi connectivity index (χ3v) is 2.42. The third kappa shape index (κ3) is 2.59. The van der Waals surface area contributed by atoms with Crippen LogP contribution >= 0.6 is 0 Å². The van der Waals surface area contributed by atoms with E-state index < -0.39 is 9.68 Å². The fraction of sp³-hybridized carbons (Fsp3) is 0.600. The first kappa shape index (κ1) is 6.92. The first-order chi connectivity index (χ1) is 3.18. The number of hydrogen-bond acceptors (Lipinski definition) is 1. The van der Waals surface area contributed by atoms with Crippen molar-refractivity contribution >= 4 is 9.68 Å². The van der Waals surface area contributed by atoms with Crippen molar-refractivity contribution in [2.45, 2.75) is 13.8 Å². The van der Waals surface area contributed by atoms with Gasteiger partial charge in [-0.3, -0.25) is 0 Å². The van der Waals surface area contributed by atoms with Crippen LogP contribution in [0.25, 0.3) is 0 Å². The molecule has 42 valence electrons. The number of nitrogens with two attached hydrogens (primary N) is 1. The van der Waals surface area contributed by atoms with E-state index in [2.05, 4.69) is 20.4 Å². The quantitative estimate of drug-likeness (QED) is 0.511. The topological polar surface area (TPSA) is 26.0 Å². The van der Waals surface area contributed by atoms with Crippen LogP contribution in [0.3, 0.4) is 0 Å². The van der Waals surface area contributed by atoms with Gasteiger partial charge in [-0.05, 0) is 5.92 Å². The van der Waals surface area contributed by atoms with E-state index in [9.17, 15) is 0 Å². The predicted octanol–water partition coefficient (Wildman–Crippen LogP) is 0.199. The van der Waals surface area contributed by atoms with Gasteiger partial charge in [-0.25, -0.2) is 0 Å². The van der Waals surface area contributed by atoms with Crippen LogP contribution in [0.1, 0.15) is 13.8 Å². The smallest absolute Gasteiger partial charge is 0.117 e. The maximum atomic E-state index is 5.41. The molecule has 1 nitrogen and oxygen atoms in total. The molecule has 0 atom stereocenters. The molecule has 0 unspecified atom stereocenters. The molecule has 0 rings (SSSR count). The van der Waals surface area contributed by atoms with Crippen molar-refractivity contribution in [2.75, 3.05) is 0 Å². The van der Waals surface area contributed by atoms with E-state index in [4.69, 9.17) is 5.40 Å². The summed E-state index contributed by atoms with van der Waals surface area (Å²) in [6, 6.07) is 0. The highest BCUT2D eigenvalue weighted by Gasteiger charge is 1.94. The minimum absolute atomic E-state index is 0.404. The Kier molecular flexibility index (Phi) is 2.95. The van der Waals surface area contributed by atoms with E-state index in [1.807, 2.05) is 0 Å². The molecule has 7 heavy (non-hydrogen) atoms. The molecule has 0 aliphatic rings. The first-order valence-corrected chi connectivity index (χ1v) is 4.08. The van der Waals surface area contributed by atoms with E-state index in [1.165, 1.54) is 5.20 Å². The Bertz CT molecular complexity index is 68.5. The monoisotopic (exact) mass is 115 g/mol. The summed E-state index contributed by atoms with van der Waals surface area (Å²) >= 11 is 0. The summed E-state index contributed by atoms with van der Waals surface area (Å²) in [4.78, 5) is 0. The van der Waals surface area contributed by atoms with E-state index in [0.717, 1.165) is 0 Å². The van der Waals surface area contributed by atoms with Gasteiger partial charge in [-0.1, -0.05) is 19.0 Å². The van der Waals surface area contributed by atoms with Crippen LogP contribution in [-0.4, -0.2) is 9.68 Å². The number of rotatable bonds is 2. The summed E-state index contributed by atoms with van der Waals surface area (Å²) in [5, 5.41) is 6.68. The SMILES string of the molecule is C=C([SiH2]N)C(C)C. The Balaban J connectivity index is 3.35. The maximum Gasteiger partial charge on any atom is 0.117 e. The molecule has 0 aromatic carbocycles. The van der Waals surface area contributed by atoms with Crippen LogP contribution in [0, 0.1) is 5.92 Å². The van der Waals surface area contributed by atoms with Gasteiger partial charge in [0.2, 0.25) is 0 Å². The molecule has 0 fully saturated rings. The van der Waals surface area contributed by atoms with Crippen LogP contribution in [0.2, 0.25) is 0 Å². The van der Waals surface area contributed by atoms with Gasteiger partial charge < -0.3 is 5.40 Å². The van der Waals surface area contributed by atoms with E-state index in [-0.39, 0.29) is 0 Å². The highest BCUT2D eigenvalue weighted by atomic mass is 28.2. The normalized spacial score (nSPS) is 11.4. The van der Waals surface area contributed by atoms with Gasteiger partial charge in [-0.15, -0.1) is 6.58 Å². The van der Waals surface area contributed by atoms with Crippen molar-refractivity contribution < 1.29 is 0 Å². The highest BCUT2D eigenvalue weighted by molar-refractivity contribution is 6.41. The number of allylic oxidation sites excluding steroid dienone is 1. The van der Waals surface area contributed by atoms with Gasteiger partial charge in [0.15, 0.2) is 0 Å². The summed E-state index contributed by atoms with van der Waals surface area (Å²) in [5.41, 5.74) is 0. The zero-order valence-electron chi connectivity index (χ0n) is 5.07. The highest BCUT2D eigenvalue weighted by Crippen LogP contribution is 2.00. The Hall–Kier alpha value is -0.0831. The molecule has 0 aromatic heterocycles. The summed E-state index contributed by atoms with van der Waals surface area (Å²) in [7, 11) is -0.404. The van der Waals surface area contributed by atoms with Gasteiger partial charge in [0.25, 0.3) is 0 Å². The lowest BCUT2D eigenvalue weighted by molar-refractivity contribution is 0.813. The fourth-order valence-electron chi connectivity index (χ4n) is 0.236. The zero-order chi connectivity index (χ0) is 5.86. The molecule has 0 spiro atoms. The maximum absolute atomic E-state index is 5.41. The predicted molar refractivity (Wildman–Crippen MR) is 36.7 cm³/mol.